The predicted molar refractivity (Wildman–Crippen MR) is 104 cm³/mol. The van der Waals surface area contributed by atoms with Gasteiger partial charge in [0.2, 0.25) is 0 Å². The quantitative estimate of drug-likeness (QED) is 0.601. The Morgan fingerprint density at radius 3 is 2.78 bits per heavy atom. The smallest absolute Gasteiger partial charge is 0.251 e. The molecule has 27 heavy (non-hydrogen) atoms. The Morgan fingerprint density at radius 1 is 1.37 bits per heavy atom. The van der Waals surface area contributed by atoms with Gasteiger partial charge in [0.25, 0.3) is 5.91 Å². The summed E-state index contributed by atoms with van der Waals surface area (Å²) in [5.74, 6) is -0.0921. The van der Waals surface area contributed by atoms with Crippen LogP contribution in [0.3, 0.4) is 0 Å². The molecular weight excluding hydrogens is 367 g/mol. The summed E-state index contributed by atoms with van der Waals surface area (Å²) in [5, 5.41) is 12.8. The molecule has 0 radical (unpaired) electrons. The molecule has 1 amide bonds. The number of amides is 1. The molecule has 4 N–H and O–H groups in total. The molecular formula is C19H19FN4O2S. The minimum Gasteiger partial charge on any atom is -0.396 e. The number of thiophene rings is 1. The number of nitrogens with one attached hydrogen (secondary N) is 1. The highest BCUT2D eigenvalue weighted by Gasteiger charge is 2.18. The number of anilines is 2. The lowest BCUT2D eigenvalue weighted by Crippen LogP contribution is -2.11. The van der Waals surface area contributed by atoms with Crippen molar-refractivity contribution in [2.24, 2.45) is 5.73 Å². The number of carbonyl (C=O) groups is 1. The van der Waals surface area contributed by atoms with Gasteiger partial charge in [-0.05, 0) is 30.7 Å². The summed E-state index contributed by atoms with van der Waals surface area (Å²) in [6.07, 6.45) is 1.60. The number of rotatable bonds is 6. The Bertz CT molecular complexity index is 990. The van der Waals surface area contributed by atoms with E-state index in [2.05, 4.69) is 15.3 Å². The molecule has 0 aliphatic carbocycles. The Hall–Kier alpha value is -2.84. The Morgan fingerprint density at radius 2 is 2.15 bits per heavy atom. The van der Waals surface area contributed by atoms with Crippen LogP contribution in [0.1, 0.15) is 34.6 Å². The van der Waals surface area contributed by atoms with E-state index in [4.69, 9.17) is 5.73 Å². The first kappa shape index (κ1) is 18.9. The molecule has 140 valence electrons. The van der Waals surface area contributed by atoms with Crippen LogP contribution in [0, 0.1) is 12.7 Å². The maximum atomic E-state index is 14.6. The number of benzene rings is 1. The highest BCUT2D eigenvalue weighted by Crippen LogP contribution is 2.38. The fourth-order valence-electron chi connectivity index (χ4n) is 2.58. The number of aromatic nitrogens is 2. The van der Waals surface area contributed by atoms with E-state index < -0.39 is 11.7 Å². The molecule has 2 heterocycles. The molecule has 0 aliphatic rings. The van der Waals surface area contributed by atoms with Crippen LogP contribution in [0.25, 0.3) is 10.4 Å². The Balaban J connectivity index is 1.99. The number of aliphatic hydroxyl groups is 1. The van der Waals surface area contributed by atoms with E-state index in [9.17, 15) is 14.3 Å². The van der Waals surface area contributed by atoms with Gasteiger partial charge in [-0.3, -0.25) is 4.79 Å². The van der Waals surface area contributed by atoms with Gasteiger partial charge in [-0.25, -0.2) is 14.4 Å². The van der Waals surface area contributed by atoms with E-state index in [0.29, 0.717) is 32.6 Å². The zero-order valence-corrected chi connectivity index (χ0v) is 15.7. The molecule has 6 nitrogen and oxygen atoms in total. The van der Waals surface area contributed by atoms with Gasteiger partial charge in [-0.1, -0.05) is 19.1 Å². The molecule has 1 unspecified atom stereocenters. The lowest BCUT2D eigenvalue weighted by Gasteiger charge is -2.09. The molecule has 3 aromatic rings. The van der Waals surface area contributed by atoms with Crippen molar-refractivity contribution in [3.05, 3.63) is 59.3 Å². The van der Waals surface area contributed by atoms with Crippen molar-refractivity contribution >= 4 is 28.1 Å². The van der Waals surface area contributed by atoms with Gasteiger partial charge >= 0.3 is 0 Å². The highest BCUT2D eigenvalue weighted by atomic mass is 32.1. The number of aryl methyl sites for hydroxylation is 1. The third kappa shape index (κ3) is 4.12. The van der Waals surface area contributed by atoms with Crippen molar-refractivity contribution < 1.29 is 14.3 Å². The Labute approximate surface area is 159 Å². The molecule has 3 rings (SSSR count). The molecule has 0 saturated carbocycles. The largest absolute Gasteiger partial charge is 0.396 e. The molecule has 0 saturated heterocycles. The topological polar surface area (TPSA) is 101 Å². The monoisotopic (exact) mass is 386 g/mol. The van der Waals surface area contributed by atoms with Crippen LogP contribution in [0.2, 0.25) is 0 Å². The van der Waals surface area contributed by atoms with Gasteiger partial charge in [-0.2, -0.15) is 0 Å². The molecule has 8 heteroatoms. The minimum absolute atomic E-state index is 0.0595. The average Bonchev–Trinajstić information content (AvgIpc) is 3.04. The average molecular weight is 386 g/mol. The van der Waals surface area contributed by atoms with Gasteiger partial charge in [0.15, 0.2) is 0 Å². The Kier molecular flexibility index (Phi) is 5.48. The van der Waals surface area contributed by atoms with Gasteiger partial charge in [0, 0.05) is 29.2 Å². The van der Waals surface area contributed by atoms with E-state index in [1.807, 2.05) is 6.92 Å². The van der Waals surface area contributed by atoms with Gasteiger partial charge in [-0.15, -0.1) is 11.3 Å². The third-order valence-corrected chi connectivity index (χ3v) is 5.20. The maximum absolute atomic E-state index is 14.6. The van der Waals surface area contributed by atoms with Crippen molar-refractivity contribution in [3.8, 4) is 10.4 Å². The number of hydrogen-bond acceptors (Lipinski definition) is 6. The summed E-state index contributed by atoms with van der Waals surface area (Å²) >= 11 is 1.21. The van der Waals surface area contributed by atoms with Gasteiger partial charge < -0.3 is 16.2 Å². The summed E-state index contributed by atoms with van der Waals surface area (Å²) in [4.78, 5) is 20.7. The lowest BCUT2D eigenvalue weighted by atomic mass is 9.99. The number of primary amides is 1. The van der Waals surface area contributed by atoms with E-state index >= 15 is 0 Å². The SMILES string of the molecule is Cc1nccc(Nc2sc(-c3ccc(C(C)CO)cc3F)cc2C(N)=O)n1. The van der Waals surface area contributed by atoms with Crippen molar-refractivity contribution in [1.82, 2.24) is 9.97 Å². The van der Waals surface area contributed by atoms with Crippen LogP contribution in [-0.4, -0.2) is 27.6 Å². The fourth-order valence-corrected chi connectivity index (χ4v) is 3.68. The minimum atomic E-state index is -0.614. The number of nitrogens with zero attached hydrogens (tertiary/aromatic N) is 2. The summed E-state index contributed by atoms with van der Waals surface area (Å²) < 4.78 is 14.6. The fraction of sp³-hybridized carbons (Fsp3) is 0.211. The third-order valence-electron chi connectivity index (χ3n) is 4.12. The predicted octanol–water partition coefficient (Wildman–Crippen LogP) is 3.59. The number of carbonyl (C=O) groups excluding carboxylic acids is 1. The second kappa shape index (κ2) is 7.81. The summed E-state index contributed by atoms with van der Waals surface area (Å²) in [5.41, 5.74) is 6.82. The number of halogens is 1. The van der Waals surface area contributed by atoms with E-state index in [0.717, 1.165) is 0 Å². The first-order valence-corrected chi connectivity index (χ1v) is 9.11. The molecule has 0 fully saturated rings. The first-order valence-electron chi connectivity index (χ1n) is 8.30. The van der Waals surface area contributed by atoms with E-state index in [1.54, 1.807) is 37.4 Å². The van der Waals surface area contributed by atoms with Crippen LogP contribution in [-0.2, 0) is 0 Å². The lowest BCUT2D eigenvalue weighted by molar-refractivity contribution is 0.100. The van der Waals surface area contributed by atoms with Gasteiger partial charge in [0.05, 0.1) is 5.56 Å². The molecule has 1 aromatic carbocycles. The summed E-state index contributed by atoms with van der Waals surface area (Å²) in [6, 6.07) is 8.05. The summed E-state index contributed by atoms with van der Waals surface area (Å²) in [7, 11) is 0. The highest BCUT2D eigenvalue weighted by molar-refractivity contribution is 7.19. The van der Waals surface area contributed by atoms with E-state index in [-0.39, 0.29) is 18.1 Å². The molecule has 0 aliphatic heterocycles. The normalized spacial score (nSPS) is 12.0. The number of nitrogens with two attached hydrogens (primary N) is 1. The van der Waals surface area contributed by atoms with Crippen LogP contribution >= 0.6 is 11.3 Å². The second-order valence-electron chi connectivity index (χ2n) is 6.15. The second-order valence-corrected chi connectivity index (χ2v) is 7.21. The van der Waals surface area contributed by atoms with Crippen molar-refractivity contribution in [2.75, 3.05) is 11.9 Å². The van der Waals surface area contributed by atoms with Crippen molar-refractivity contribution in [2.45, 2.75) is 19.8 Å². The van der Waals surface area contributed by atoms with Gasteiger partial charge in [0.1, 0.15) is 22.5 Å². The molecule has 0 spiro atoms. The van der Waals surface area contributed by atoms with Crippen molar-refractivity contribution in [3.63, 3.8) is 0 Å². The molecule has 1 atom stereocenters. The molecule has 2 aromatic heterocycles. The van der Waals surface area contributed by atoms with Crippen LogP contribution in [0.5, 0.6) is 0 Å². The van der Waals surface area contributed by atoms with Crippen LogP contribution < -0.4 is 11.1 Å². The standard InChI is InChI=1S/C19H19FN4O2S/c1-10(9-25)12-3-4-13(15(20)7-12)16-8-14(18(21)26)19(27-16)24-17-5-6-22-11(2)23-17/h3-8,10,25H,9H2,1-2H3,(H2,21,26)(H,22,23,24). The van der Waals surface area contributed by atoms with E-state index in [1.165, 1.54) is 17.4 Å². The number of hydrogen-bond donors (Lipinski definition) is 3. The van der Waals surface area contributed by atoms with Crippen molar-refractivity contribution in [1.29, 1.82) is 0 Å². The molecule has 0 bridgehead atoms. The maximum Gasteiger partial charge on any atom is 0.251 e. The summed E-state index contributed by atoms with van der Waals surface area (Å²) in [6.45, 7) is 3.51. The zero-order valence-electron chi connectivity index (χ0n) is 14.9. The first-order chi connectivity index (χ1) is 12.9. The zero-order chi connectivity index (χ0) is 19.6. The van der Waals surface area contributed by atoms with Crippen LogP contribution in [0.4, 0.5) is 15.2 Å². The van der Waals surface area contributed by atoms with Crippen LogP contribution in [0.15, 0.2) is 36.5 Å². The number of aliphatic hydroxyl groups excluding tert-OH is 1.